The first-order chi connectivity index (χ1) is 12.2. The van der Waals surface area contributed by atoms with Crippen LogP contribution in [-0.4, -0.2) is 25.0 Å². The van der Waals surface area contributed by atoms with E-state index < -0.39 is 35.6 Å². The van der Waals surface area contributed by atoms with Crippen LogP contribution in [0.3, 0.4) is 0 Å². The first-order valence-electron chi connectivity index (χ1n) is 7.81. The second-order valence-corrected chi connectivity index (χ2v) is 5.71. The van der Waals surface area contributed by atoms with E-state index in [1.165, 1.54) is 26.2 Å². The summed E-state index contributed by atoms with van der Waals surface area (Å²) in [6, 6.07) is 12.2. The third-order valence-electron chi connectivity index (χ3n) is 3.90. The molecule has 1 amide bonds. The largest absolute Gasteiger partial charge is 0.467 e. The van der Waals surface area contributed by atoms with Crippen LogP contribution in [0.1, 0.15) is 29.5 Å². The lowest BCUT2D eigenvalue weighted by molar-refractivity contribution is -0.145. The maximum atomic E-state index is 12.8. The van der Waals surface area contributed by atoms with Crippen molar-refractivity contribution in [3.05, 3.63) is 71.3 Å². The highest BCUT2D eigenvalue weighted by atomic mass is 19.4. The molecule has 0 spiro atoms. The summed E-state index contributed by atoms with van der Waals surface area (Å²) in [4.78, 5) is 23.8. The van der Waals surface area contributed by atoms with Crippen molar-refractivity contribution in [2.75, 3.05) is 7.11 Å². The molecular weight excluding hydrogens is 347 g/mol. The fourth-order valence-electron chi connectivity index (χ4n) is 2.74. The average Bonchev–Trinajstić information content (AvgIpc) is 2.61. The highest BCUT2D eigenvalue weighted by molar-refractivity contribution is 5.84. The Labute approximate surface area is 149 Å². The summed E-state index contributed by atoms with van der Waals surface area (Å²) in [6.45, 7) is 1.25. The molecule has 0 aliphatic heterocycles. The molecular formula is C19H18F3NO3. The summed E-state index contributed by atoms with van der Waals surface area (Å²) in [5.74, 6) is -1.84. The number of benzene rings is 2. The van der Waals surface area contributed by atoms with Gasteiger partial charge in [0.25, 0.3) is 0 Å². The molecule has 0 fully saturated rings. The predicted molar refractivity (Wildman–Crippen MR) is 89.3 cm³/mol. The van der Waals surface area contributed by atoms with Gasteiger partial charge in [0.1, 0.15) is 6.04 Å². The van der Waals surface area contributed by atoms with Crippen LogP contribution in [0.25, 0.3) is 0 Å². The van der Waals surface area contributed by atoms with Gasteiger partial charge < -0.3 is 10.1 Å². The van der Waals surface area contributed by atoms with Gasteiger partial charge in [0.15, 0.2) is 0 Å². The number of rotatable bonds is 5. The van der Waals surface area contributed by atoms with Gasteiger partial charge in [-0.3, -0.25) is 4.79 Å². The number of methoxy groups -OCH3 is 1. The Balaban J connectivity index is 2.53. The predicted octanol–water partition coefficient (Wildman–Crippen LogP) is 3.52. The number of esters is 1. The molecule has 2 atom stereocenters. The molecule has 0 bridgehead atoms. The van der Waals surface area contributed by atoms with Gasteiger partial charge >= 0.3 is 12.1 Å². The zero-order valence-corrected chi connectivity index (χ0v) is 14.2. The normalized spacial score (nSPS) is 13.6. The number of nitrogens with one attached hydrogen (secondary N) is 1. The number of halogens is 3. The van der Waals surface area contributed by atoms with Crippen molar-refractivity contribution in [3.8, 4) is 0 Å². The van der Waals surface area contributed by atoms with Crippen LogP contribution >= 0.6 is 0 Å². The van der Waals surface area contributed by atoms with Gasteiger partial charge in [0.05, 0.1) is 12.7 Å². The standard InChI is InChI=1S/C19H18F3NO3/c1-12(24)23-17(18(25)26-2)16(13-6-4-3-5-7-13)14-8-10-15(11-9-14)19(20,21)22/h3-11,16-17H,1-2H3,(H,23,24)/t16-,17+/m1/s1. The van der Waals surface area contributed by atoms with Crippen molar-refractivity contribution >= 4 is 11.9 Å². The van der Waals surface area contributed by atoms with Gasteiger partial charge in [0, 0.05) is 12.8 Å². The monoisotopic (exact) mass is 365 g/mol. The Morgan fingerprint density at radius 1 is 0.962 bits per heavy atom. The second-order valence-electron chi connectivity index (χ2n) is 5.71. The third kappa shape index (κ3) is 4.62. The molecule has 0 aromatic heterocycles. The minimum Gasteiger partial charge on any atom is -0.467 e. The topological polar surface area (TPSA) is 55.4 Å². The summed E-state index contributed by atoms with van der Waals surface area (Å²) < 4.78 is 43.3. The van der Waals surface area contributed by atoms with Crippen molar-refractivity contribution < 1.29 is 27.5 Å². The maximum absolute atomic E-state index is 12.8. The van der Waals surface area contributed by atoms with Crippen molar-refractivity contribution in [2.24, 2.45) is 0 Å². The van der Waals surface area contributed by atoms with Crippen LogP contribution in [0.4, 0.5) is 13.2 Å². The number of carbonyl (C=O) groups excluding carboxylic acids is 2. The smallest absolute Gasteiger partial charge is 0.416 e. The van der Waals surface area contributed by atoms with E-state index in [2.05, 4.69) is 5.32 Å². The fraction of sp³-hybridized carbons (Fsp3) is 0.263. The minimum absolute atomic E-state index is 0.451. The lowest BCUT2D eigenvalue weighted by Gasteiger charge is -2.27. The van der Waals surface area contributed by atoms with Crippen LogP contribution in [-0.2, 0) is 20.5 Å². The van der Waals surface area contributed by atoms with Crippen LogP contribution in [0.2, 0.25) is 0 Å². The van der Waals surface area contributed by atoms with Crippen molar-refractivity contribution in [3.63, 3.8) is 0 Å². The Morgan fingerprint density at radius 2 is 1.50 bits per heavy atom. The van der Waals surface area contributed by atoms with Gasteiger partial charge in [-0.05, 0) is 23.3 Å². The van der Waals surface area contributed by atoms with E-state index in [1.54, 1.807) is 30.3 Å². The summed E-state index contributed by atoms with van der Waals surface area (Å²) in [6.07, 6.45) is -4.46. The molecule has 7 heteroatoms. The molecule has 2 aromatic rings. The third-order valence-corrected chi connectivity index (χ3v) is 3.90. The molecule has 0 saturated heterocycles. The van der Waals surface area contributed by atoms with E-state index in [4.69, 9.17) is 4.74 Å². The van der Waals surface area contributed by atoms with E-state index in [1.807, 2.05) is 0 Å². The highest BCUT2D eigenvalue weighted by Crippen LogP contribution is 2.33. The first kappa shape index (κ1) is 19.5. The Hall–Kier alpha value is -2.83. The molecule has 26 heavy (non-hydrogen) atoms. The summed E-state index contributed by atoms with van der Waals surface area (Å²) in [7, 11) is 1.19. The van der Waals surface area contributed by atoms with E-state index in [0.29, 0.717) is 11.1 Å². The summed E-state index contributed by atoms with van der Waals surface area (Å²) >= 11 is 0. The quantitative estimate of drug-likeness (QED) is 0.825. The number of ether oxygens (including phenoxy) is 1. The SMILES string of the molecule is COC(=O)[C@@H](NC(C)=O)[C@H](c1ccccc1)c1ccc(C(F)(F)F)cc1. The molecule has 0 unspecified atom stereocenters. The van der Waals surface area contributed by atoms with Crippen molar-refractivity contribution in [1.29, 1.82) is 0 Å². The summed E-state index contributed by atoms with van der Waals surface area (Å²) in [5.41, 5.74) is 0.326. The minimum atomic E-state index is -4.46. The van der Waals surface area contributed by atoms with Crippen molar-refractivity contribution in [2.45, 2.75) is 25.1 Å². The van der Waals surface area contributed by atoms with Gasteiger partial charge in [-0.25, -0.2) is 4.79 Å². The Kier molecular flexibility index (Phi) is 6.02. The lowest BCUT2D eigenvalue weighted by Crippen LogP contribution is -2.45. The molecule has 1 N–H and O–H groups in total. The average molecular weight is 365 g/mol. The lowest BCUT2D eigenvalue weighted by atomic mass is 9.84. The first-order valence-corrected chi connectivity index (χ1v) is 7.81. The van der Waals surface area contributed by atoms with Crippen LogP contribution in [0.5, 0.6) is 0 Å². The zero-order chi connectivity index (χ0) is 19.3. The molecule has 0 aliphatic rings. The van der Waals surface area contributed by atoms with E-state index in [-0.39, 0.29) is 0 Å². The van der Waals surface area contributed by atoms with E-state index >= 15 is 0 Å². The number of hydrogen-bond acceptors (Lipinski definition) is 3. The number of carbonyl (C=O) groups is 2. The molecule has 2 rings (SSSR count). The number of amides is 1. The highest BCUT2D eigenvalue weighted by Gasteiger charge is 2.34. The zero-order valence-electron chi connectivity index (χ0n) is 14.2. The van der Waals surface area contributed by atoms with Crippen LogP contribution in [0, 0.1) is 0 Å². The van der Waals surface area contributed by atoms with Gasteiger partial charge in [-0.2, -0.15) is 13.2 Å². The van der Waals surface area contributed by atoms with E-state index in [0.717, 1.165) is 12.1 Å². The summed E-state index contributed by atoms with van der Waals surface area (Å²) in [5, 5.41) is 2.54. The molecule has 4 nitrogen and oxygen atoms in total. The number of alkyl halides is 3. The van der Waals surface area contributed by atoms with Gasteiger partial charge in [-0.1, -0.05) is 42.5 Å². The fourth-order valence-corrected chi connectivity index (χ4v) is 2.74. The Bertz CT molecular complexity index is 758. The van der Waals surface area contributed by atoms with Crippen LogP contribution in [0.15, 0.2) is 54.6 Å². The molecule has 0 saturated carbocycles. The maximum Gasteiger partial charge on any atom is 0.416 e. The van der Waals surface area contributed by atoms with Crippen molar-refractivity contribution in [1.82, 2.24) is 5.32 Å². The molecule has 138 valence electrons. The Morgan fingerprint density at radius 3 is 1.96 bits per heavy atom. The van der Waals surface area contributed by atoms with Crippen LogP contribution < -0.4 is 5.32 Å². The van der Waals surface area contributed by atoms with Gasteiger partial charge in [-0.15, -0.1) is 0 Å². The molecule has 2 aromatic carbocycles. The van der Waals surface area contributed by atoms with E-state index in [9.17, 15) is 22.8 Å². The number of hydrogen-bond donors (Lipinski definition) is 1. The second kappa shape index (κ2) is 8.03. The molecule has 0 heterocycles. The molecule has 0 radical (unpaired) electrons. The van der Waals surface area contributed by atoms with Gasteiger partial charge in [0.2, 0.25) is 5.91 Å². The molecule has 0 aliphatic carbocycles.